The van der Waals surface area contributed by atoms with E-state index < -0.39 is 10.0 Å². The maximum atomic E-state index is 13.0. The third kappa shape index (κ3) is 4.34. The normalized spacial score (nSPS) is 13.8. The van der Waals surface area contributed by atoms with Crippen LogP contribution < -0.4 is 15.0 Å². The van der Waals surface area contributed by atoms with E-state index >= 15 is 0 Å². The number of halogens is 1. The second kappa shape index (κ2) is 9.38. The van der Waals surface area contributed by atoms with Gasteiger partial charge in [-0.1, -0.05) is 48.0 Å². The molecule has 0 aliphatic carbocycles. The van der Waals surface area contributed by atoms with Crippen molar-refractivity contribution in [3.05, 3.63) is 89.1 Å². The van der Waals surface area contributed by atoms with Gasteiger partial charge in [0.2, 0.25) is 0 Å². The van der Waals surface area contributed by atoms with Gasteiger partial charge in [0.25, 0.3) is 10.0 Å². The summed E-state index contributed by atoms with van der Waals surface area (Å²) in [7, 11) is -2.08. The van der Waals surface area contributed by atoms with Crippen LogP contribution in [0.15, 0.2) is 82.8 Å². The van der Waals surface area contributed by atoms with Gasteiger partial charge in [-0.2, -0.15) is 10.2 Å². The summed E-state index contributed by atoms with van der Waals surface area (Å²) in [6.45, 7) is 1.86. The number of hydrazone groups is 1. The molecule has 0 bridgehead atoms. The Kier molecular flexibility index (Phi) is 6.25. The van der Waals surface area contributed by atoms with Gasteiger partial charge in [0.15, 0.2) is 5.11 Å². The summed E-state index contributed by atoms with van der Waals surface area (Å²) in [6.07, 6.45) is 1.65. The predicted molar refractivity (Wildman–Crippen MR) is 148 cm³/mol. The van der Waals surface area contributed by atoms with Crippen molar-refractivity contribution in [3.63, 3.8) is 0 Å². The third-order valence-corrected chi connectivity index (χ3v) is 8.02. The van der Waals surface area contributed by atoms with Gasteiger partial charge >= 0.3 is 0 Å². The highest BCUT2D eigenvalue weighted by molar-refractivity contribution is 7.93. The molecule has 0 amide bonds. The van der Waals surface area contributed by atoms with Crippen molar-refractivity contribution in [1.82, 2.24) is 15.2 Å². The Morgan fingerprint density at radius 3 is 2.58 bits per heavy atom. The van der Waals surface area contributed by atoms with Gasteiger partial charge in [-0.25, -0.2) is 13.1 Å². The summed E-state index contributed by atoms with van der Waals surface area (Å²) in [5.74, 6) is 0. The molecule has 0 fully saturated rings. The van der Waals surface area contributed by atoms with Crippen molar-refractivity contribution in [3.8, 4) is 16.9 Å². The van der Waals surface area contributed by atoms with E-state index in [1.807, 2.05) is 49.4 Å². The number of hydrogen-bond donors (Lipinski definition) is 2. The van der Waals surface area contributed by atoms with E-state index in [4.69, 9.17) is 28.9 Å². The van der Waals surface area contributed by atoms with Crippen LogP contribution in [0, 0.1) is 6.92 Å². The molecule has 8 nitrogen and oxygen atoms in total. The SMILES string of the molecule is Cc1c2c(nn1-c1ccc(/C=N/NC(=S)Nc3cccc(Cl)c3)cc1)-c1ccccc1S(=O)(=O)N2C. The molecule has 0 saturated heterocycles. The molecule has 5 rings (SSSR count). The van der Waals surface area contributed by atoms with Crippen molar-refractivity contribution in [2.45, 2.75) is 11.8 Å². The van der Waals surface area contributed by atoms with E-state index in [1.165, 1.54) is 4.31 Å². The molecule has 0 unspecified atom stereocenters. The first-order chi connectivity index (χ1) is 17.3. The van der Waals surface area contributed by atoms with Crippen LogP contribution in [0.5, 0.6) is 0 Å². The first-order valence-corrected chi connectivity index (χ1v) is 13.1. The van der Waals surface area contributed by atoms with Crippen molar-refractivity contribution in [2.75, 3.05) is 16.7 Å². The van der Waals surface area contributed by atoms with Crippen LogP contribution in [0.1, 0.15) is 11.3 Å². The Hall–Kier alpha value is -3.73. The lowest BCUT2D eigenvalue weighted by molar-refractivity contribution is 0.594. The Morgan fingerprint density at radius 2 is 1.83 bits per heavy atom. The van der Waals surface area contributed by atoms with Gasteiger partial charge in [-0.15, -0.1) is 0 Å². The minimum atomic E-state index is -3.64. The maximum absolute atomic E-state index is 13.0. The zero-order valence-electron chi connectivity index (χ0n) is 19.3. The lowest BCUT2D eigenvalue weighted by Crippen LogP contribution is -2.30. The molecule has 2 heterocycles. The van der Waals surface area contributed by atoms with Crippen molar-refractivity contribution >= 4 is 56.5 Å². The summed E-state index contributed by atoms with van der Waals surface area (Å²) in [4.78, 5) is 0.256. The van der Waals surface area contributed by atoms with E-state index in [0.717, 1.165) is 22.6 Å². The van der Waals surface area contributed by atoms with Gasteiger partial charge < -0.3 is 5.32 Å². The van der Waals surface area contributed by atoms with Crippen molar-refractivity contribution < 1.29 is 8.42 Å². The highest BCUT2D eigenvalue weighted by Gasteiger charge is 2.36. The number of fused-ring (bicyclic) bond motifs is 3. The zero-order chi connectivity index (χ0) is 25.4. The van der Waals surface area contributed by atoms with Gasteiger partial charge in [0.1, 0.15) is 11.4 Å². The number of aromatic nitrogens is 2. The topological polar surface area (TPSA) is 91.6 Å². The van der Waals surface area contributed by atoms with Crippen LogP contribution in [0.4, 0.5) is 11.4 Å². The molecule has 4 aromatic rings. The van der Waals surface area contributed by atoms with E-state index in [2.05, 4.69) is 15.8 Å². The standard InChI is InChI=1S/C25H21ClN6O2S2/c1-16-24-23(21-8-3-4-9-22(21)36(33,34)31(24)2)30-32(16)20-12-10-17(11-13-20)15-27-29-25(35)28-19-7-5-6-18(26)14-19/h3-15H,1-2H3,(H2,28,29,35)/b27-15+. The molecule has 3 aromatic carbocycles. The Bertz CT molecular complexity index is 1610. The molecule has 0 radical (unpaired) electrons. The van der Waals surface area contributed by atoms with E-state index in [0.29, 0.717) is 27.1 Å². The monoisotopic (exact) mass is 536 g/mol. The van der Waals surface area contributed by atoms with E-state index in [9.17, 15) is 8.42 Å². The quantitative estimate of drug-likeness (QED) is 0.218. The van der Waals surface area contributed by atoms with Gasteiger partial charge in [0, 0.05) is 23.3 Å². The highest BCUT2D eigenvalue weighted by atomic mass is 35.5. The second-order valence-corrected chi connectivity index (χ2v) is 10.9. The smallest absolute Gasteiger partial charge is 0.264 e. The first kappa shape index (κ1) is 24.0. The maximum Gasteiger partial charge on any atom is 0.264 e. The van der Waals surface area contributed by atoms with Crippen LogP contribution in [0.2, 0.25) is 5.02 Å². The fourth-order valence-corrected chi connectivity index (χ4v) is 5.86. The van der Waals surface area contributed by atoms with Crippen LogP contribution in [-0.2, 0) is 10.0 Å². The summed E-state index contributed by atoms with van der Waals surface area (Å²) in [5.41, 5.74) is 7.72. The molecule has 0 atom stereocenters. The molecule has 1 aromatic heterocycles. The molecule has 1 aliphatic heterocycles. The number of anilines is 2. The number of nitrogens with zero attached hydrogens (tertiary/aromatic N) is 4. The Balaban J connectivity index is 1.35. The number of nitrogens with one attached hydrogen (secondary N) is 2. The minimum Gasteiger partial charge on any atom is -0.331 e. The van der Waals surface area contributed by atoms with Crippen LogP contribution in [-0.4, -0.2) is 36.6 Å². The number of thiocarbonyl (C=S) groups is 1. The molecular weight excluding hydrogens is 516 g/mol. The molecule has 36 heavy (non-hydrogen) atoms. The fraction of sp³-hybridized carbons (Fsp3) is 0.0800. The second-order valence-electron chi connectivity index (χ2n) is 8.09. The molecule has 2 N–H and O–H groups in total. The number of sulfonamides is 1. The fourth-order valence-electron chi connectivity index (χ4n) is 4.05. The van der Waals surface area contributed by atoms with Crippen LogP contribution in [0.3, 0.4) is 0 Å². The zero-order valence-corrected chi connectivity index (χ0v) is 21.7. The Morgan fingerprint density at radius 1 is 1.08 bits per heavy atom. The largest absolute Gasteiger partial charge is 0.331 e. The molecule has 182 valence electrons. The lowest BCUT2D eigenvalue weighted by atomic mass is 10.1. The van der Waals surface area contributed by atoms with Gasteiger partial charge in [-0.05, 0) is 61.1 Å². The van der Waals surface area contributed by atoms with Crippen molar-refractivity contribution in [1.29, 1.82) is 0 Å². The predicted octanol–water partition coefficient (Wildman–Crippen LogP) is 4.96. The molecule has 11 heteroatoms. The number of hydrogen-bond acceptors (Lipinski definition) is 5. The molecule has 0 spiro atoms. The van der Waals surface area contributed by atoms with Gasteiger partial charge in [0.05, 0.1) is 22.5 Å². The average Bonchev–Trinajstić information content (AvgIpc) is 3.20. The number of rotatable bonds is 4. The van der Waals surface area contributed by atoms with Crippen LogP contribution >= 0.6 is 23.8 Å². The average molecular weight is 537 g/mol. The summed E-state index contributed by atoms with van der Waals surface area (Å²) >= 11 is 11.2. The lowest BCUT2D eigenvalue weighted by Gasteiger charge is -2.26. The molecule has 0 saturated carbocycles. The first-order valence-electron chi connectivity index (χ1n) is 10.9. The summed E-state index contributed by atoms with van der Waals surface area (Å²) < 4.78 is 29.1. The van der Waals surface area contributed by atoms with Crippen molar-refractivity contribution in [2.24, 2.45) is 5.10 Å². The highest BCUT2D eigenvalue weighted by Crippen LogP contribution is 2.43. The summed E-state index contributed by atoms with van der Waals surface area (Å²) in [5, 5.41) is 12.9. The van der Waals surface area contributed by atoms with E-state index in [-0.39, 0.29) is 4.90 Å². The third-order valence-electron chi connectivity index (χ3n) is 5.78. The van der Waals surface area contributed by atoms with Crippen LogP contribution in [0.25, 0.3) is 16.9 Å². The minimum absolute atomic E-state index is 0.256. The van der Waals surface area contributed by atoms with E-state index in [1.54, 1.807) is 48.3 Å². The number of benzene rings is 3. The summed E-state index contributed by atoms with van der Waals surface area (Å²) in [6, 6.07) is 21.7. The molecular formula is C25H21ClN6O2S2. The molecule has 1 aliphatic rings. The Labute approximate surface area is 219 Å². The van der Waals surface area contributed by atoms with Gasteiger partial charge in [-0.3, -0.25) is 9.73 Å².